The Morgan fingerprint density at radius 1 is 1.33 bits per heavy atom. The number of halogens is 1. The Morgan fingerprint density at radius 2 is 2.10 bits per heavy atom. The number of hydrogen-bond donors (Lipinski definition) is 2. The van der Waals surface area contributed by atoms with Crippen molar-refractivity contribution in [2.24, 2.45) is 12.0 Å². The van der Waals surface area contributed by atoms with Crippen LogP contribution in [0.3, 0.4) is 0 Å². The smallest absolute Gasteiger partial charge is 0.191 e. The summed E-state index contributed by atoms with van der Waals surface area (Å²) >= 11 is 0. The fraction of sp³-hybridized carbons (Fsp3) is 0.688. The lowest BCUT2D eigenvalue weighted by Crippen LogP contribution is -2.42. The number of rotatable bonds is 8. The van der Waals surface area contributed by atoms with Gasteiger partial charge in [-0.25, -0.2) is 4.99 Å². The number of guanidine groups is 1. The Labute approximate surface area is 146 Å². The quantitative estimate of drug-likeness (QED) is 0.299. The molecule has 1 atom stereocenters. The van der Waals surface area contributed by atoms with Gasteiger partial charge in [0.2, 0.25) is 0 Å². The van der Waals surface area contributed by atoms with Crippen LogP contribution in [0.1, 0.15) is 52.0 Å². The largest absolute Gasteiger partial charge is 0.357 e. The van der Waals surface area contributed by atoms with Crippen LogP contribution < -0.4 is 10.6 Å². The highest BCUT2D eigenvalue weighted by atomic mass is 127. The minimum atomic E-state index is 0. The van der Waals surface area contributed by atoms with Gasteiger partial charge >= 0.3 is 0 Å². The summed E-state index contributed by atoms with van der Waals surface area (Å²) in [7, 11) is 2.03. The van der Waals surface area contributed by atoms with Crippen molar-refractivity contribution in [3.8, 4) is 0 Å². The Kier molecular flexibility index (Phi) is 11.5. The first kappa shape index (κ1) is 20.3. The van der Waals surface area contributed by atoms with E-state index in [1.807, 2.05) is 7.05 Å². The van der Waals surface area contributed by atoms with Gasteiger partial charge in [-0.3, -0.25) is 0 Å². The Hall–Kier alpha value is -0.720. The summed E-state index contributed by atoms with van der Waals surface area (Å²) in [5.74, 6) is 0.917. The van der Waals surface area contributed by atoms with Gasteiger partial charge in [-0.2, -0.15) is 0 Å². The zero-order valence-electron chi connectivity index (χ0n) is 13.9. The van der Waals surface area contributed by atoms with E-state index >= 15 is 0 Å². The lowest BCUT2D eigenvalue weighted by molar-refractivity contribution is 0.547. The molecule has 1 rings (SSSR count). The summed E-state index contributed by atoms with van der Waals surface area (Å²) in [5.41, 5.74) is 1.24. The molecular formula is C16H31IN4. The van der Waals surface area contributed by atoms with E-state index in [1.54, 1.807) is 0 Å². The van der Waals surface area contributed by atoms with Crippen LogP contribution in [0.5, 0.6) is 0 Å². The number of nitrogens with one attached hydrogen (secondary N) is 2. The number of hydrogen-bond acceptors (Lipinski definition) is 1. The van der Waals surface area contributed by atoms with Crippen molar-refractivity contribution in [1.29, 1.82) is 0 Å². The molecule has 0 aliphatic heterocycles. The first-order chi connectivity index (χ1) is 9.65. The summed E-state index contributed by atoms with van der Waals surface area (Å²) in [6.07, 6.45) is 9.22. The number of aliphatic imine (C=N–C) groups is 1. The zero-order chi connectivity index (χ0) is 14.8. The van der Waals surface area contributed by atoms with Gasteiger partial charge in [0, 0.05) is 32.0 Å². The van der Waals surface area contributed by atoms with Crippen molar-refractivity contribution in [3.63, 3.8) is 0 Å². The predicted molar refractivity (Wildman–Crippen MR) is 102 cm³/mol. The number of nitrogens with zero attached hydrogens (tertiary/aromatic N) is 2. The molecule has 0 spiro atoms. The van der Waals surface area contributed by atoms with Gasteiger partial charge in [0.05, 0.1) is 6.54 Å². The minimum absolute atomic E-state index is 0. The average Bonchev–Trinajstić information content (AvgIpc) is 2.82. The molecular weight excluding hydrogens is 375 g/mol. The molecule has 0 amide bonds. The van der Waals surface area contributed by atoms with Gasteiger partial charge in [-0.1, -0.05) is 26.2 Å². The van der Waals surface area contributed by atoms with E-state index < -0.39 is 0 Å². The van der Waals surface area contributed by atoms with Crippen LogP contribution >= 0.6 is 24.0 Å². The summed E-state index contributed by atoms with van der Waals surface area (Å²) in [6.45, 7) is 8.18. The van der Waals surface area contributed by atoms with Gasteiger partial charge in [-0.15, -0.1) is 24.0 Å². The number of unbranched alkanes of at least 4 members (excludes halogenated alkanes) is 2. The van der Waals surface area contributed by atoms with Crippen molar-refractivity contribution >= 4 is 29.9 Å². The molecule has 21 heavy (non-hydrogen) atoms. The molecule has 0 aromatic carbocycles. The van der Waals surface area contributed by atoms with E-state index in [-0.39, 0.29) is 24.0 Å². The summed E-state index contributed by atoms with van der Waals surface area (Å²) in [5, 5.41) is 6.80. The number of aromatic nitrogens is 1. The predicted octanol–water partition coefficient (Wildman–Crippen LogP) is 3.67. The van der Waals surface area contributed by atoms with Crippen LogP contribution in [-0.2, 0) is 13.6 Å². The second-order valence-electron chi connectivity index (χ2n) is 5.42. The van der Waals surface area contributed by atoms with E-state index in [2.05, 4.69) is 59.4 Å². The standard InChI is InChI=1S/C16H30N4.HI/c1-5-7-8-9-14(3)19-16(17-6-2)18-12-15-10-11-20(4)13-15;/h10-11,13-14H,5-9,12H2,1-4H3,(H2,17,18,19);1H. The van der Waals surface area contributed by atoms with Crippen molar-refractivity contribution in [2.75, 3.05) is 6.54 Å². The van der Waals surface area contributed by atoms with Crippen LogP contribution in [0, 0.1) is 0 Å². The molecule has 2 N–H and O–H groups in total. The maximum absolute atomic E-state index is 4.65. The molecule has 4 nitrogen and oxygen atoms in total. The molecule has 0 saturated carbocycles. The molecule has 1 aromatic heterocycles. The van der Waals surface area contributed by atoms with Crippen LogP contribution in [0.25, 0.3) is 0 Å². The van der Waals surface area contributed by atoms with E-state index in [1.165, 1.54) is 31.2 Å². The van der Waals surface area contributed by atoms with Crippen molar-refractivity contribution in [3.05, 3.63) is 24.0 Å². The normalized spacial score (nSPS) is 12.7. The van der Waals surface area contributed by atoms with Gasteiger partial charge in [0.1, 0.15) is 0 Å². The lowest BCUT2D eigenvalue weighted by Gasteiger charge is -2.17. The summed E-state index contributed by atoms with van der Waals surface area (Å²) < 4.78 is 2.05. The highest BCUT2D eigenvalue weighted by molar-refractivity contribution is 14.0. The number of aryl methyl sites for hydroxylation is 1. The fourth-order valence-corrected chi connectivity index (χ4v) is 2.15. The lowest BCUT2D eigenvalue weighted by atomic mass is 10.1. The van der Waals surface area contributed by atoms with Crippen molar-refractivity contribution in [2.45, 2.75) is 59.0 Å². The maximum atomic E-state index is 4.65. The van der Waals surface area contributed by atoms with Crippen LogP contribution in [0.4, 0.5) is 0 Å². The monoisotopic (exact) mass is 406 g/mol. The van der Waals surface area contributed by atoms with Gasteiger partial charge < -0.3 is 15.2 Å². The first-order valence-electron chi connectivity index (χ1n) is 7.81. The van der Waals surface area contributed by atoms with E-state index in [0.29, 0.717) is 6.04 Å². The van der Waals surface area contributed by atoms with Crippen LogP contribution in [0.15, 0.2) is 23.5 Å². The molecule has 5 heteroatoms. The molecule has 1 unspecified atom stereocenters. The highest BCUT2D eigenvalue weighted by Gasteiger charge is 2.04. The Bertz CT molecular complexity index is 401. The third-order valence-electron chi connectivity index (χ3n) is 3.28. The Balaban J connectivity index is 0.00000400. The zero-order valence-corrected chi connectivity index (χ0v) is 16.2. The van der Waals surface area contributed by atoms with Crippen molar-refractivity contribution < 1.29 is 0 Å². The van der Waals surface area contributed by atoms with E-state index in [9.17, 15) is 0 Å². The third kappa shape index (κ3) is 9.01. The molecule has 1 heterocycles. The SMILES string of the molecule is CCCCCC(C)NC(=NCc1ccn(C)c1)NCC.I. The van der Waals surface area contributed by atoms with Gasteiger partial charge in [-0.05, 0) is 31.9 Å². The van der Waals surface area contributed by atoms with E-state index in [0.717, 1.165) is 19.0 Å². The minimum Gasteiger partial charge on any atom is -0.357 e. The fourth-order valence-electron chi connectivity index (χ4n) is 2.15. The molecule has 0 radical (unpaired) electrons. The molecule has 122 valence electrons. The molecule has 0 aliphatic carbocycles. The highest BCUT2D eigenvalue weighted by Crippen LogP contribution is 2.04. The van der Waals surface area contributed by atoms with E-state index in [4.69, 9.17) is 0 Å². The second kappa shape index (κ2) is 11.9. The molecule has 0 bridgehead atoms. The Morgan fingerprint density at radius 3 is 2.67 bits per heavy atom. The second-order valence-corrected chi connectivity index (χ2v) is 5.42. The molecule has 1 aromatic rings. The summed E-state index contributed by atoms with van der Waals surface area (Å²) in [6, 6.07) is 2.58. The average molecular weight is 406 g/mol. The summed E-state index contributed by atoms with van der Waals surface area (Å²) in [4.78, 5) is 4.65. The first-order valence-corrected chi connectivity index (χ1v) is 7.81. The molecule has 0 aliphatic rings. The van der Waals surface area contributed by atoms with Gasteiger partial charge in [0.15, 0.2) is 5.96 Å². The van der Waals surface area contributed by atoms with Crippen LogP contribution in [-0.4, -0.2) is 23.1 Å². The van der Waals surface area contributed by atoms with Crippen molar-refractivity contribution in [1.82, 2.24) is 15.2 Å². The topological polar surface area (TPSA) is 41.4 Å². The molecule has 0 saturated heterocycles. The van der Waals surface area contributed by atoms with Crippen LogP contribution in [0.2, 0.25) is 0 Å². The van der Waals surface area contributed by atoms with Gasteiger partial charge in [0.25, 0.3) is 0 Å². The molecule has 0 fully saturated rings. The maximum Gasteiger partial charge on any atom is 0.191 e. The third-order valence-corrected chi connectivity index (χ3v) is 3.28.